The molecule has 2 rings (SSSR count). The number of allylic oxidation sites excluding steroid dienone is 2. The van der Waals surface area contributed by atoms with Gasteiger partial charge in [0.15, 0.2) is 0 Å². The molecule has 1 nitrogen and oxygen atoms in total. The van der Waals surface area contributed by atoms with Crippen LogP contribution in [0.3, 0.4) is 0 Å². The highest BCUT2D eigenvalue weighted by Crippen LogP contribution is 2.39. The van der Waals surface area contributed by atoms with Gasteiger partial charge in [-0.15, -0.1) is 0 Å². The zero-order chi connectivity index (χ0) is 10.9. The maximum atomic E-state index is 6.11. The van der Waals surface area contributed by atoms with Crippen molar-refractivity contribution in [2.24, 2.45) is 11.1 Å². The van der Waals surface area contributed by atoms with E-state index in [2.05, 4.69) is 56.3 Å². The molecule has 1 heteroatoms. The fourth-order valence-corrected chi connectivity index (χ4v) is 1.99. The topological polar surface area (TPSA) is 26.0 Å². The van der Waals surface area contributed by atoms with Gasteiger partial charge >= 0.3 is 0 Å². The normalized spacial score (nSPS) is 23.7. The molecule has 1 unspecified atom stereocenters. The van der Waals surface area contributed by atoms with Gasteiger partial charge in [-0.1, -0.05) is 62.4 Å². The van der Waals surface area contributed by atoms with E-state index in [1.54, 1.807) is 0 Å². The predicted octanol–water partition coefficient (Wildman–Crippen LogP) is 2.99. The Morgan fingerprint density at radius 2 is 1.80 bits per heavy atom. The molecule has 0 amide bonds. The highest BCUT2D eigenvalue weighted by Gasteiger charge is 2.31. The summed E-state index contributed by atoms with van der Waals surface area (Å²) in [5.41, 5.74) is 8.71. The minimum absolute atomic E-state index is 0.0100. The Bertz CT molecular complexity index is 399. The zero-order valence-electron chi connectivity index (χ0n) is 9.27. The lowest BCUT2D eigenvalue weighted by molar-refractivity contribution is 0.439. The number of hydrogen-bond donors (Lipinski definition) is 1. The van der Waals surface area contributed by atoms with Crippen molar-refractivity contribution in [3.8, 4) is 0 Å². The van der Waals surface area contributed by atoms with Crippen LogP contribution >= 0.6 is 0 Å². The summed E-state index contributed by atoms with van der Waals surface area (Å²) < 4.78 is 0. The highest BCUT2D eigenvalue weighted by molar-refractivity contribution is 5.73. The minimum atomic E-state index is 0.0100. The highest BCUT2D eigenvalue weighted by atomic mass is 14.7. The smallest absolute Gasteiger partial charge is 0.0320 e. The van der Waals surface area contributed by atoms with Gasteiger partial charge in [-0.3, -0.25) is 0 Å². The first-order chi connectivity index (χ1) is 7.12. The van der Waals surface area contributed by atoms with Crippen molar-refractivity contribution >= 4 is 5.57 Å². The predicted molar refractivity (Wildman–Crippen MR) is 65.3 cm³/mol. The fraction of sp³-hybridized carbons (Fsp3) is 0.286. The van der Waals surface area contributed by atoms with Gasteiger partial charge in [0.2, 0.25) is 0 Å². The molecule has 0 heterocycles. The largest absolute Gasteiger partial charge is 0.324 e. The van der Waals surface area contributed by atoms with E-state index < -0.39 is 0 Å². The summed E-state index contributed by atoms with van der Waals surface area (Å²) in [6.45, 7) is 4.39. The van der Waals surface area contributed by atoms with Crippen LogP contribution < -0.4 is 5.73 Å². The summed E-state index contributed by atoms with van der Waals surface area (Å²) in [5.74, 6) is 0. The van der Waals surface area contributed by atoms with Crippen LogP contribution in [-0.4, -0.2) is 6.04 Å². The molecule has 0 saturated heterocycles. The van der Waals surface area contributed by atoms with Crippen LogP contribution in [0.15, 0.2) is 48.6 Å². The van der Waals surface area contributed by atoms with Crippen molar-refractivity contribution in [1.82, 2.24) is 0 Å². The van der Waals surface area contributed by atoms with Crippen molar-refractivity contribution in [3.05, 3.63) is 54.1 Å². The molecule has 0 saturated carbocycles. The Hall–Kier alpha value is -1.34. The minimum Gasteiger partial charge on any atom is -0.324 e. The molecule has 0 aromatic heterocycles. The average Bonchev–Trinajstić information content (AvgIpc) is 2.23. The van der Waals surface area contributed by atoms with Crippen LogP contribution in [-0.2, 0) is 0 Å². The van der Waals surface area contributed by atoms with E-state index in [9.17, 15) is 0 Å². The molecule has 1 aromatic rings. The van der Waals surface area contributed by atoms with Gasteiger partial charge in [0.25, 0.3) is 0 Å². The maximum absolute atomic E-state index is 6.11. The number of hydrogen-bond acceptors (Lipinski definition) is 1. The second-order valence-corrected chi connectivity index (χ2v) is 4.58. The standard InChI is InChI=1S/C14H17N/c1-14(2)12(9-6-10-13(14)15)11-7-4-3-5-8-11/h3-10,13H,15H2,1-2H3. The second-order valence-electron chi connectivity index (χ2n) is 4.58. The molecular weight excluding hydrogens is 182 g/mol. The first-order valence-corrected chi connectivity index (χ1v) is 5.32. The van der Waals surface area contributed by atoms with Gasteiger partial charge in [0.1, 0.15) is 0 Å². The molecule has 1 aromatic carbocycles. The van der Waals surface area contributed by atoms with Crippen LogP contribution in [0.5, 0.6) is 0 Å². The van der Waals surface area contributed by atoms with Crippen LogP contribution in [0.4, 0.5) is 0 Å². The lowest BCUT2D eigenvalue weighted by atomic mass is 9.72. The summed E-state index contributed by atoms with van der Waals surface area (Å²) in [5, 5.41) is 0. The quantitative estimate of drug-likeness (QED) is 0.739. The molecular formula is C14H17N. The first kappa shape index (κ1) is 10.2. The molecule has 0 aliphatic heterocycles. The van der Waals surface area contributed by atoms with Crippen molar-refractivity contribution < 1.29 is 0 Å². The zero-order valence-corrected chi connectivity index (χ0v) is 9.27. The van der Waals surface area contributed by atoms with Crippen molar-refractivity contribution in [3.63, 3.8) is 0 Å². The molecule has 0 fully saturated rings. The summed E-state index contributed by atoms with van der Waals surface area (Å²) in [6, 6.07) is 10.5. The number of rotatable bonds is 1. The van der Waals surface area contributed by atoms with Crippen LogP contribution in [0, 0.1) is 5.41 Å². The third-order valence-corrected chi connectivity index (χ3v) is 3.19. The molecule has 0 bridgehead atoms. The Labute approximate surface area is 91.3 Å². The van der Waals surface area contributed by atoms with E-state index >= 15 is 0 Å². The lowest BCUT2D eigenvalue weighted by Gasteiger charge is -2.35. The van der Waals surface area contributed by atoms with E-state index in [1.165, 1.54) is 11.1 Å². The van der Waals surface area contributed by atoms with E-state index in [-0.39, 0.29) is 11.5 Å². The van der Waals surface area contributed by atoms with E-state index in [0.29, 0.717) is 0 Å². The fourth-order valence-electron chi connectivity index (χ4n) is 1.99. The third kappa shape index (κ3) is 1.75. The van der Waals surface area contributed by atoms with Gasteiger partial charge in [0.05, 0.1) is 0 Å². The van der Waals surface area contributed by atoms with E-state index in [1.807, 2.05) is 6.07 Å². The van der Waals surface area contributed by atoms with Crippen LogP contribution in [0.2, 0.25) is 0 Å². The molecule has 2 N–H and O–H groups in total. The SMILES string of the molecule is CC1(C)C(c2ccccc2)=CC=CC1N. The van der Waals surface area contributed by atoms with Crippen molar-refractivity contribution in [1.29, 1.82) is 0 Å². The summed E-state index contributed by atoms with van der Waals surface area (Å²) in [7, 11) is 0. The Balaban J connectivity index is 2.45. The van der Waals surface area contributed by atoms with Gasteiger partial charge in [-0.2, -0.15) is 0 Å². The molecule has 78 valence electrons. The molecule has 15 heavy (non-hydrogen) atoms. The van der Waals surface area contributed by atoms with Gasteiger partial charge in [-0.05, 0) is 11.1 Å². The maximum Gasteiger partial charge on any atom is 0.0320 e. The second kappa shape index (κ2) is 3.67. The van der Waals surface area contributed by atoms with Crippen LogP contribution in [0.1, 0.15) is 19.4 Å². The molecule has 1 aliphatic rings. The molecule has 0 radical (unpaired) electrons. The monoisotopic (exact) mass is 199 g/mol. The molecule has 1 aliphatic carbocycles. The van der Waals surface area contributed by atoms with Crippen molar-refractivity contribution in [2.75, 3.05) is 0 Å². The number of nitrogens with two attached hydrogens (primary N) is 1. The summed E-state index contributed by atoms with van der Waals surface area (Å²) >= 11 is 0. The van der Waals surface area contributed by atoms with Gasteiger partial charge < -0.3 is 5.73 Å². The number of benzene rings is 1. The Morgan fingerprint density at radius 1 is 1.13 bits per heavy atom. The Kier molecular flexibility index (Phi) is 2.49. The van der Waals surface area contributed by atoms with Gasteiger partial charge in [0, 0.05) is 11.5 Å². The summed E-state index contributed by atoms with van der Waals surface area (Å²) in [6.07, 6.45) is 6.28. The molecule has 1 atom stereocenters. The van der Waals surface area contributed by atoms with Gasteiger partial charge in [-0.25, -0.2) is 0 Å². The van der Waals surface area contributed by atoms with Crippen molar-refractivity contribution in [2.45, 2.75) is 19.9 Å². The average molecular weight is 199 g/mol. The van der Waals surface area contributed by atoms with E-state index in [0.717, 1.165) is 0 Å². The Morgan fingerprint density at radius 3 is 2.47 bits per heavy atom. The summed E-state index contributed by atoms with van der Waals surface area (Å²) in [4.78, 5) is 0. The first-order valence-electron chi connectivity index (χ1n) is 5.32. The van der Waals surface area contributed by atoms with E-state index in [4.69, 9.17) is 5.73 Å². The molecule has 0 spiro atoms. The third-order valence-electron chi connectivity index (χ3n) is 3.19. The van der Waals surface area contributed by atoms with Crippen LogP contribution in [0.25, 0.3) is 5.57 Å². The lowest BCUT2D eigenvalue weighted by Crippen LogP contribution is -2.37.